The highest BCUT2D eigenvalue weighted by Gasteiger charge is 2.09. The van der Waals surface area contributed by atoms with Gasteiger partial charge in [-0.3, -0.25) is 4.79 Å². The van der Waals surface area contributed by atoms with Crippen LogP contribution in [0.2, 0.25) is 0 Å². The van der Waals surface area contributed by atoms with E-state index in [9.17, 15) is 4.79 Å². The molecule has 0 aliphatic heterocycles. The van der Waals surface area contributed by atoms with Crippen molar-refractivity contribution in [3.05, 3.63) is 76.8 Å². The van der Waals surface area contributed by atoms with Crippen LogP contribution in [0.25, 0.3) is 10.8 Å². The summed E-state index contributed by atoms with van der Waals surface area (Å²) in [5.74, 6) is 0.345. The Labute approximate surface area is 173 Å². The third-order valence-corrected chi connectivity index (χ3v) is 5.19. The highest BCUT2D eigenvalue weighted by Crippen LogP contribution is 2.32. The lowest BCUT2D eigenvalue weighted by Gasteiger charge is -2.10. The molecule has 0 radical (unpaired) electrons. The van der Waals surface area contributed by atoms with Gasteiger partial charge in [-0.1, -0.05) is 74.0 Å². The van der Waals surface area contributed by atoms with E-state index in [-0.39, 0.29) is 12.5 Å². The Balaban J connectivity index is 1.64. The maximum Gasteiger partial charge on any atom is 0.277 e. The number of hydrogen-bond donors (Lipinski definition) is 1. The van der Waals surface area contributed by atoms with E-state index in [4.69, 9.17) is 4.74 Å². The van der Waals surface area contributed by atoms with Gasteiger partial charge in [0.1, 0.15) is 5.75 Å². The van der Waals surface area contributed by atoms with Crippen LogP contribution < -0.4 is 10.2 Å². The SMILES string of the molecule is CCCC/C(=N\NC(=O)COc1ccc2ccccc2c1Br)c1ccccc1. The molecule has 0 atom stereocenters. The van der Waals surface area contributed by atoms with Gasteiger partial charge in [0.15, 0.2) is 6.61 Å². The van der Waals surface area contributed by atoms with Crippen molar-refractivity contribution in [2.45, 2.75) is 26.2 Å². The molecule has 0 fully saturated rings. The van der Waals surface area contributed by atoms with E-state index in [1.807, 2.05) is 66.7 Å². The van der Waals surface area contributed by atoms with Crippen molar-refractivity contribution in [2.75, 3.05) is 6.61 Å². The molecule has 0 saturated heterocycles. The first-order valence-electron chi connectivity index (χ1n) is 9.40. The monoisotopic (exact) mass is 438 g/mol. The number of nitrogens with zero attached hydrogens (tertiary/aromatic N) is 1. The van der Waals surface area contributed by atoms with Gasteiger partial charge in [-0.05, 0) is 51.2 Å². The van der Waals surface area contributed by atoms with Gasteiger partial charge in [0, 0.05) is 0 Å². The summed E-state index contributed by atoms with van der Waals surface area (Å²) < 4.78 is 6.54. The van der Waals surface area contributed by atoms with Gasteiger partial charge in [-0.25, -0.2) is 5.43 Å². The maximum absolute atomic E-state index is 12.2. The number of hydrogen-bond acceptors (Lipinski definition) is 3. The van der Waals surface area contributed by atoms with Gasteiger partial charge in [-0.15, -0.1) is 0 Å². The smallest absolute Gasteiger partial charge is 0.277 e. The normalized spacial score (nSPS) is 11.4. The molecule has 1 amide bonds. The van der Waals surface area contributed by atoms with E-state index in [1.165, 1.54) is 0 Å². The zero-order valence-corrected chi connectivity index (χ0v) is 17.4. The van der Waals surface area contributed by atoms with Crippen molar-refractivity contribution in [3.8, 4) is 5.75 Å². The van der Waals surface area contributed by atoms with Gasteiger partial charge in [0.2, 0.25) is 0 Å². The van der Waals surface area contributed by atoms with E-state index >= 15 is 0 Å². The molecule has 0 unspecified atom stereocenters. The number of nitrogens with one attached hydrogen (secondary N) is 1. The zero-order chi connectivity index (χ0) is 19.8. The van der Waals surface area contributed by atoms with E-state index in [1.54, 1.807) is 0 Å². The summed E-state index contributed by atoms with van der Waals surface area (Å²) in [6.45, 7) is 2.03. The minimum Gasteiger partial charge on any atom is -0.483 e. The topological polar surface area (TPSA) is 50.7 Å². The number of carbonyl (C=O) groups is 1. The number of fused-ring (bicyclic) bond motifs is 1. The van der Waals surface area contributed by atoms with Crippen LogP contribution in [0.3, 0.4) is 0 Å². The quantitative estimate of drug-likeness (QED) is 0.362. The van der Waals surface area contributed by atoms with Gasteiger partial charge in [0.05, 0.1) is 10.2 Å². The van der Waals surface area contributed by atoms with E-state index in [2.05, 4.69) is 33.4 Å². The summed E-state index contributed by atoms with van der Waals surface area (Å²) in [7, 11) is 0. The van der Waals surface area contributed by atoms with Crippen molar-refractivity contribution >= 4 is 38.3 Å². The Bertz CT molecular complexity index is 971. The second kappa shape index (κ2) is 10.0. The summed E-state index contributed by atoms with van der Waals surface area (Å²) in [6, 6.07) is 21.8. The van der Waals surface area contributed by atoms with E-state index in [0.717, 1.165) is 45.8 Å². The van der Waals surface area contributed by atoms with Gasteiger partial charge in [-0.2, -0.15) is 5.10 Å². The number of unbranched alkanes of at least 4 members (excludes halogenated alkanes) is 1. The summed E-state index contributed by atoms with van der Waals surface area (Å²) in [6.07, 6.45) is 2.90. The molecule has 0 aromatic heterocycles. The summed E-state index contributed by atoms with van der Waals surface area (Å²) in [4.78, 5) is 12.2. The molecule has 1 N–H and O–H groups in total. The van der Waals surface area contributed by atoms with Crippen LogP contribution in [-0.4, -0.2) is 18.2 Å². The number of rotatable bonds is 8. The average Bonchev–Trinajstić information content (AvgIpc) is 2.74. The van der Waals surface area contributed by atoms with Crippen molar-refractivity contribution in [1.82, 2.24) is 5.43 Å². The van der Waals surface area contributed by atoms with Crippen molar-refractivity contribution in [1.29, 1.82) is 0 Å². The highest BCUT2D eigenvalue weighted by molar-refractivity contribution is 9.10. The molecular formula is C23H23BrN2O2. The van der Waals surface area contributed by atoms with Gasteiger partial charge in [0.25, 0.3) is 5.91 Å². The minimum atomic E-state index is -0.287. The fourth-order valence-electron chi connectivity index (χ4n) is 2.87. The molecule has 0 saturated carbocycles. The Morgan fingerprint density at radius 3 is 2.57 bits per heavy atom. The number of benzene rings is 3. The molecule has 3 aromatic rings. The van der Waals surface area contributed by atoms with Crippen LogP contribution in [0.15, 0.2) is 76.3 Å². The van der Waals surface area contributed by atoms with Crippen molar-refractivity contribution < 1.29 is 9.53 Å². The first-order chi connectivity index (χ1) is 13.7. The molecule has 3 rings (SSSR count). The number of hydrazone groups is 1. The lowest BCUT2D eigenvalue weighted by Crippen LogP contribution is -2.26. The Morgan fingerprint density at radius 2 is 1.79 bits per heavy atom. The molecular weight excluding hydrogens is 416 g/mol. The third-order valence-electron chi connectivity index (χ3n) is 4.38. The van der Waals surface area contributed by atoms with Crippen LogP contribution in [0, 0.1) is 0 Å². The summed E-state index contributed by atoms with van der Waals surface area (Å²) in [5.41, 5.74) is 4.53. The largest absolute Gasteiger partial charge is 0.483 e. The second-order valence-electron chi connectivity index (χ2n) is 6.45. The number of amides is 1. The molecule has 5 heteroatoms. The fourth-order valence-corrected chi connectivity index (χ4v) is 3.48. The Kier molecular flexibility index (Phi) is 7.20. The number of ether oxygens (including phenoxy) is 1. The summed E-state index contributed by atoms with van der Waals surface area (Å²) in [5, 5.41) is 6.50. The average molecular weight is 439 g/mol. The second-order valence-corrected chi connectivity index (χ2v) is 7.24. The molecule has 0 aliphatic rings. The zero-order valence-electron chi connectivity index (χ0n) is 15.8. The van der Waals surface area contributed by atoms with Crippen LogP contribution in [0.4, 0.5) is 0 Å². The Morgan fingerprint density at radius 1 is 1.04 bits per heavy atom. The van der Waals surface area contributed by atoms with Crippen LogP contribution in [0.5, 0.6) is 5.75 Å². The van der Waals surface area contributed by atoms with Gasteiger partial charge >= 0.3 is 0 Å². The third kappa shape index (κ3) is 5.20. The first kappa shape index (κ1) is 20.1. The molecule has 0 spiro atoms. The summed E-state index contributed by atoms with van der Waals surface area (Å²) >= 11 is 3.57. The Hall–Kier alpha value is -2.66. The first-order valence-corrected chi connectivity index (χ1v) is 10.2. The molecule has 0 bridgehead atoms. The number of carbonyl (C=O) groups excluding carboxylic acids is 1. The molecule has 0 heterocycles. The molecule has 0 aliphatic carbocycles. The van der Waals surface area contributed by atoms with E-state index < -0.39 is 0 Å². The standard InChI is InChI=1S/C23H23BrN2O2/c1-2-3-13-20(18-10-5-4-6-11-18)25-26-22(27)16-28-21-15-14-17-9-7-8-12-19(17)23(21)24/h4-12,14-15H,2-3,13,16H2,1H3,(H,26,27)/b25-20+. The molecule has 28 heavy (non-hydrogen) atoms. The van der Waals surface area contributed by atoms with Crippen molar-refractivity contribution in [3.63, 3.8) is 0 Å². The van der Waals surface area contributed by atoms with Gasteiger partial charge < -0.3 is 4.74 Å². The molecule has 3 aromatic carbocycles. The lowest BCUT2D eigenvalue weighted by molar-refractivity contribution is -0.123. The fraction of sp³-hybridized carbons (Fsp3) is 0.217. The van der Waals surface area contributed by atoms with Crippen LogP contribution in [0.1, 0.15) is 31.7 Å². The predicted octanol–water partition coefficient (Wildman–Crippen LogP) is 5.69. The van der Waals surface area contributed by atoms with Crippen molar-refractivity contribution in [2.24, 2.45) is 5.10 Å². The lowest BCUT2D eigenvalue weighted by atomic mass is 10.1. The van der Waals surface area contributed by atoms with Crippen LogP contribution in [-0.2, 0) is 4.79 Å². The number of halogens is 1. The predicted molar refractivity (Wildman–Crippen MR) is 118 cm³/mol. The van der Waals surface area contributed by atoms with Crippen LogP contribution >= 0.6 is 15.9 Å². The molecule has 4 nitrogen and oxygen atoms in total. The maximum atomic E-state index is 12.2. The minimum absolute atomic E-state index is 0.101. The van der Waals surface area contributed by atoms with E-state index in [0.29, 0.717) is 5.75 Å². The highest BCUT2D eigenvalue weighted by atomic mass is 79.9. The molecule has 144 valence electrons.